The molecule has 0 unspecified atom stereocenters. The molecule has 0 fully saturated rings. The molecule has 0 aromatic carbocycles. The Labute approximate surface area is 89.5 Å². The quantitative estimate of drug-likeness (QED) is 0.713. The fourth-order valence-corrected chi connectivity index (χ4v) is 1.25. The van der Waals surface area contributed by atoms with Crippen molar-refractivity contribution in [1.82, 2.24) is 4.98 Å². The smallest absolute Gasteiger partial charge is 0.139 e. The summed E-state index contributed by atoms with van der Waals surface area (Å²) >= 11 is 0. The first-order valence-corrected chi connectivity index (χ1v) is 5.02. The summed E-state index contributed by atoms with van der Waals surface area (Å²) in [7, 11) is 0. The number of nitrogens with zero attached hydrogens (tertiary/aromatic N) is 1. The molecule has 15 heavy (non-hydrogen) atoms. The lowest BCUT2D eigenvalue weighted by Gasteiger charge is -2.02. The SMILES string of the molecule is CCOCCC(=O)Cc1ccnc(N)c1. The zero-order valence-electron chi connectivity index (χ0n) is 8.90. The first-order valence-electron chi connectivity index (χ1n) is 5.02. The van der Waals surface area contributed by atoms with Gasteiger partial charge < -0.3 is 10.5 Å². The third-order valence-corrected chi connectivity index (χ3v) is 1.98. The first kappa shape index (κ1) is 11.7. The summed E-state index contributed by atoms with van der Waals surface area (Å²) in [5, 5.41) is 0. The van der Waals surface area contributed by atoms with Crippen LogP contribution in [-0.4, -0.2) is 24.0 Å². The van der Waals surface area contributed by atoms with Gasteiger partial charge in [0, 0.05) is 25.6 Å². The second-order valence-electron chi connectivity index (χ2n) is 3.25. The van der Waals surface area contributed by atoms with E-state index in [1.165, 1.54) is 0 Å². The molecular formula is C11H16N2O2. The van der Waals surface area contributed by atoms with Gasteiger partial charge in [0.2, 0.25) is 0 Å². The fraction of sp³-hybridized carbons (Fsp3) is 0.455. The van der Waals surface area contributed by atoms with E-state index in [0.717, 1.165) is 5.56 Å². The van der Waals surface area contributed by atoms with Crippen molar-refractivity contribution >= 4 is 11.6 Å². The van der Waals surface area contributed by atoms with Gasteiger partial charge in [0.25, 0.3) is 0 Å². The second kappa shape index (κ2) is 6.14. The third kappa shape index (κ3) is 4.56. The third-order valence-electron chi connectivity index (χ3n) is 1.98. The van der Waals surface area contributed by atoms with Crippen LogP contribution in [0, 0.1) is 0 Å². The summed E-state index contributed by atoms with van der Waals surface area (Å²) in [6.45, 7) is 3.05. The Balaban J connectivity index is 2.37. The molecule has 1 aromatic rings. The summed E-state index contributed by atoms with van der Waals surface area (Å²) in [5.74, 6) is 0.610. The van der Waals surface area contributed by atoms with E-state index in [1.54, 1.807) is 18.3 Å². The van der Waals surface area contributed by atoms with Gasteiger partial charge in [0.05, 0.1) is 6.61 Å². The molecule has 0 aliphatic heterocycles. The molecule has 0 bridgehead atoms. The second-order valence-corrected chi connectivity index (χ2v) is 3.25. The summed E-state index contributed by atoms with van der Waals surface area (Å²) in [6.07, 6.45) is 2.47. The largest absolute Gasteiger partial charge is 0.384 e. The Morgan fingerprint density at radius 2 is 2.40 bits per heavy atom. The average Bonchev–Trinajstić information content (AvgIpc) is 2.18. The van der Waals surface area contributed by atoms with Crippen LogP contribution < -0.4 is 5.73 Å². The minimum atomic E-state index is 0.161. The number of ether oxygens (including phenoxy) is 1. The molecule has 1 rings (SSSR count). The van der Waals surface area contributed by atoms with Crippen LogP contribution in [0.4, 0.5) is 5.82 Å². The lowest BCUT2D eigenvalue weighted by atomic mass is 10.1. The number of carbonyl (C=O) groups excluding carboxylic acids is 1. The number of rotatable bonds is 6. The highest BCUT2D eigenvalue weighted by Gasteiger charge is 2.03. The fourth-order valence-electron chi connectivity index (χ4n) is 1.25. The molecule has 0 amide bonds. The minimum Gasteiger partial charge on any atom is -0.384 e. The van der Waals surface area contributed by atoms with Gasteiger partial charge in [-0.25, -0.2) is 4.98 Å². The molecular weight excluding hydrogens is 192 g/mol. The normalized spacial score (nSPS) is 10.2. The number of nitrogen functional groups attached to an aromatic ring is 1. The molecule has 82 valence electrons. The molecule has 2 N–H and O–H groups in total. The number of pyridine rings is 1. The molecule has 0 aliphatic rings. The highest BCUT2D eigenvalue weighted by atomic mass is 16.5. The van der Waals surface area contributed by atoms with Gasteiger partial charge in [-0.1, -0.05) is 0 Å². The standard InChI is InChI=1S/C11H16N2O2/c1-2-15-6-4-10(14)7-9-3-5-13-11(12)8-9/h3,5,8H,2,4,6-7H2,1H3,(H2,12,13). The van der Waals surface area contributed by atoms with Crippen molar-refractivity contribution in [3.05, 3.63) is 23.9 Å². The molecule has 4 heteroatoms. The Morgan fingerprint density at radius 1 is 1.60 bits per heavy atom. The van der Waals surface area contributed by atoms with E-state index in [4.69, 9.17) is 10.5 Å². The minimum absolute atomic E-state index is 0.161. The Hall–Kier alpha value is -1.42. The van der Waals surface area contributed by atoms with Crippen LogP contribution >= 0.6 is 0 Å². The molecule has 0 saturated carbocycles. The van der Waals surface area contributed by atoms with Gasteiger partial charge in [-0.2, -0.15) is 0 Å². The van der Waals surface area contributed by atoms with Crippen LogP contribution in [-0.2, 0) is 16.0 Å². The summed E-state index contributed by atoms with van der Waals surface area (Å²) in [5.41, 5.74) is 6.42. The number of anilines is 1. The summed E-state index contributed by atoms with van der Waals surface area (Å²) in [6, 6.07) is 3.52. The van der Waals surface area contributed by atoms with Gasteiger partial charge in [-0.3, -0.25) is 4.79 Å². The number of hydrogen-bond donors (Lipinski definition) is 1. The van der Waals surface area contributed by atoms with Crippen LogP contribution in [0.1, 0.15) is 18.9 Å². The van der Waals surface area contributed by atoms with Gasteiger partial charge in [-0.15, -0.1) is 0 Å². The van der Waals surface area contributed by atoms with Crippen LogP contribution in [0.3, 0.4) is 0 Å². The highest BCUT2D eigenvalue weighted by Crippen LogP contribution is 2.05. The van der Waals surface area contributed by atoms with Crippen LogP contribution in [0.5, 0.6) is 0 Å². The van der Waals surface area contributed by atoms with Crippen molar-refractivity contribution in [1.29, 1.82) is 0 Å². The van der Waals surface area contributed by atoms with E-state index in [9.17, 15) is 4.79 Å². The van der Waals surface area contributed by atoms with E-state index >= 15 is 0 Å². The van der Waals surface area contributed by atoms with E-state index < -0.39 is 0 Å². The van der Waals surface area contributed by atoms with E-state index in [0.29, 0.717) is 31.9 Å². The highest BCUT2D eigenvalue weighted by molar-refractivity contribution is 5.81. The van der Waals surface area contributed by atoms with Gasteiger partial charge >= 0.3 is 0 Å². The predicted molar refractivity (Wildman–Crippen MR) is 58.5 cm³/mol. The van der Waals surface area contributed by atoms with Crippen molar-refractivity contribution in [2.75, 3.05) is 18.9 Å². The summed E-state index contributed by atoms with van der Waals surface area (Å²) < 4.78 is 5.11. The Bertz CT molecular complexity index is 326. The predicted octanol–water partition coefficient (Wildman–Crippen LogP) is 1.20. The number of hydrogen-bond acceptors (Lipinski definition) is 4. The molecule has 0 saturated heterocycles. The number of nitrogens with two attached hydrogens (primary N) is 1. The maximum Gasteiger partial charge on any atom is 0.139 e. The van der Waals surface area contributed by atoms with Gasteiger partial charge in [0.1, 0.15) is 11.6 Å². The van der Waals surface area contributed by atoms with E-state index in [2.05, 4.69) is 4.98 Å². The van der Waals surface area contributed by atoms with Crippen LogP contribution in [0.2, 0.25) is 0 Å². The zero-order chi connectivity index (χ0) is 11.1. The monoisotopic (exact) mass is 208 g/mol. The lowest BCUT2D eigenvalue weighted by Crippen LogP contribution is -2.07. The Morgan fingerprint density at radius 3 is 3.07 bits per heavy atom. The van der Waals surface area contributed by atoms with Crippen molar-refractivity contribution in [2.45, 2.75) is 19.8 Å². The summed E-state index contributed by atoms with van der Waals surface area (Å²) in [4.78, 5) is 15.3. The van der Waals surface area contributed by atoms with Crippen molar-refractivity contribution in [2.24, 2.45) is 0 Å². The topological polar surface area (TPSA) is 65.2 Å². The van der Waals surface area contributed by atoms with Crippen LogP contribution in [0.25, 0.3) is 0 Å². The molecule has 1 heterocycles. The number of carbonyl (C=O) groups is 1. The molecule has 0 spiro atoms. The maximum absolute atomic E-state index is 11.5. The van der Waals surface area contributed by atoms with Crippen molar-refractivity contribution < 1.29 is 9.53 Å². The van der Waals surface area contributed by atoms with Crippen molar-refractivity contribution in [3.63, 3.8) is 0 Å². The van der Waals surface area contributed by atoms with Gasteiger partial charge in [-0.05, 0) is 24.6 Å². The molecule has 0 radical (unpaired) electrons. The molecule has 0 aliphatic carbocycles. The van der Waals surface area contributed by atoms with E-state index in [1.807, 2.05) is 6.92 Å². The molecule has 4 nitrogen and oxygen atoms in total. The lowest BCUT2D eigenvalue weighted by molar-refractivity contribution is -0.119. The molecule has 0 atom stereocenters. The van der Waals surface area contributed by atoms with Gasteiger partial charge in [0.15, 0.2) is 0 Å². The molecule has 1 aromatic heterocycles. The first-order chi connectivity index (χ1) is 7.22. The number of Topliss-reactive ketones (excluding diaryl/α,β-unsaturated/α-hetero) is 1. The average molecular weight is 208 g/mol. The van der Waals surface area contributed by atoms with E-state index in [-0.39, 0.29) is 5.78 Å². The number of aromatic nitrogens is 1. The zero-order valence-corrected chi connectivity index (χ0v) is 8.90. The maximum atomic E-state index is 11.5. The van der Waals surface area contributed by atoms with Crippen molar-refractivity contribution in [3.8, 4) is 0 Å². The Kier molecular flexibility index (Phi) is 4.77. The van der Waals surface area contributed by atoms with Crippen LogP contribution in [0.15, 0.2) is 18.3 Å². The number of ketones is 1.